The van der Waals surface area contributed by atoms with Crippen molar-refractivity contribution in [3.8, 4) is 0 Å². The number of benzene rings is 1. The van der Waals surface area contributed by atoms with Crippen molar-refractivity contribution in [2.75, 3.05) is 13.2 Å². The van der Waals surface area contributed by atoms with Crippen LogP contribution < -0.4 is 5.32 Å². The Kier molecular flexibility index (Phi) is 4.69. The van der Waals surface area contributed by atoms with Gasteiger partial charge in [-0.05, 0) is 30.4 Å². The Morgan fingerprint density at radius 1 is 1.21 bits per heavy atom. The van der Waals surface area contributed by atoms with Crippen molar-refractivity contribution in [3.63, 3.8) is 0 Å². The summed E-state index contributed by atoms with van der Waals surface area (Å²) in [6, 6.07) is 7.00. The number of urea groups is 1. The number of carbonyl (C=O) groups excluding carboxylic acids is 3. The number of rotatable bonds is 4. The molecule has 0 spiro atoms. The highest BCUT2D eigenvalue weighted by molar-refractivity contribution is 6.08. The second-order valence-electron chi connectivity index (χ2n) is 7.08. The minimum Gasteiger partial charge on any atom is -0.465 e. The molecule has 1 aliphatic heterocycles. The van der Waals surface area contributed by atoms with Crippen LogP contribution in [0.3, 0.4) is 0 Å². The molecule has 2 rings (SSSR count). The van der Waals surface area contributed by atoms with Gasteiger partial charge < -0.3 is 10.1 Å². The zero-order valence-corrected chi connectivity index (χ0v) is 14.8. The minimum atomic E-state index is -1.18. The van der Waals surface area contributed by atoms with Gasteiger partial charge in [0.1, 0.15) is 12.1 Å². The van der Waals surface area contributed by atoms with Gasteiger partial charge in [0.05, 0.1) is 6.61 Å². The molecule has 1 atom stereocenters. The van der Waals surface area contributed by atoms with Crippen molar-refractivity contribution in [1.82, 2.24) is 10.2 Å². The second-order valence-corrected chi connectivity index (χ2v) is 7.08. The van der Waals surface area contributed by atoms with Crippen molar-refractivity contribution in [1.29, 1.82) is 0 Å². The molecule has 1 aromatic rings. The average molecular weight is 332 g/mol. The molecule has 1 heterocycles. The van der Waals surface area contributed by atoms with Crippen LogP contribution in [0.25, 0.3) is 0 Å². The molecule has 130 valence electrons. The summed E-state index contributed by atoms with van der Waals surface area (Å²) in [4.78, 5) is 37.3. The number of nitrogens with zero attached hydrogens (tertiary/aromatic N) is 1. The van der Waals surface area contributed by atoms with Gasteiger partial charge in [-0.15, -0.1) is 0 Å². The van der Waals surface area contributed by atoms with Gasteiger partial charge >= 0.3 is 12.0 Å². The fraction of sp³-hybridized carbons (Fsp3) is 0.500. The van der Waals surface area contributed by atoms with Crippen LogP contribution >= 0.6 is 0 Å². The van der Waals surface area contributed by atoms with Gasteiger partial charge in [0, 0.05) is 0 Å². The first kappa shape index (κ1) is 18.0. The van der Waals surface area contributed by atoms with E-state index in [-0.39, 0.29) is 18.6 Å². The van der Waals surface area contributed by atoms with Crippen molar-refractivity contribution >= 4 is 17.9 Å². The molecule has 1 aromatic carbocycles. The molecule has 1 saturated heterocycles. The van der Waals surface area contributed by atoms with Crippen LogP contribution in [0, 0.1) is 0 Å². The summed E-state index contributed by atoms with van der Waals surface area (Å²) in [5, 5.41) is 2.68. The van der Waals surface area contributed by atoms with E-state index < -0.39 is 23.4 Å². The zero-order chi connectivity index (χ0) is 18.1. The molecule has 24 heavy (non-hydrogen) atoms. The third-order valence-electron chi connectivity index (χ3n) is 4.20. The SMILES string of the molecule is CCOC(=O)CN1C(=O)N[C@@](C)(c2ccc(C(C)(C)C)cc2)C1=O. The van der Waals surface area contributed by atoms with E-state index >= 15 is 0 Å². The maximum absolute atomic E-state index is 12.7. The van der Waals surface area contributed by atoms with Crippen LogP contribution in [0.1, 0.15) is 45.7 Å². The Balaban J connectivity index is 2.25. The van der Waals surface area contributed by atoms with Crippen LogP contribution in [0.4, 0.5) is 4.79 Å². The molecule has 0 aliphatic carbocycles. The molecule has 0 radical (unpaired) electrons. The number of ether oxygens (including phenoxy) is 1. The molecular weight excluding hydrogens is 308 g/mol. The molecule has 6 nitrogen and oxygen atoms in total. The summed E-state index contributed by atoms with van der Waals surface area (Å²) in [6.45, 7) is 9.45. The zero-order valence-electron chi connectivity index (χ0n) is 14.8. The maximum atomic E-state index is 12.7. The van der Waals surface area contributed by atoms with Gasteiger partial charge in [-0.1, -0.05) is 45.0 Å². The van der Waals surface area contributed by atoms with Gasteiger partial charge in [0.15, 0.2) is 0 Å². The number of esters is 1. The molecule has 0 bridgehead atoms. The topological polar surface area (TPSA) is 75.7 Å². The first-order valence-corrected chi connectivity index (χ1v) is 8.00. The summed E-state index contributed by atoms with van der Waals surface area (Å²) in [6.07, 6.45) is 0. The molecule has 3 amide bonds. The Morgan fingerprint density at radius 2 is 1.79 bits per heavy atom. The van der Waals surface area contributed by atoms with E-state index in [1.54, 1.807) is 13.8 Å². The first-order chi connectivity index (χ1) is 11.1. The molecule has 1 N–H and O–H groups in total. The molecule has 0 unspecified atom stereocenters. The number of nitrogens with one attached hydrogen (secondary N) is 1. The lowest BCUT2D eigenvalue weighted by Crippen LogP contribution is -2.41. The number of hydrogen-bond acceptors (Lipinski definition) is 4. The Bertz CT molecular complexity index is 661. The van der Waals surface area contributed by atoms with Crippen LogP contribution in [0.5, 0.6) is 0 Å². The standard InChI is InChI=1S/C18H24N2O4/c1-6-24-14(21)11-20-15(22)18(5,19-16(20)23)13-9-7-12(8-10-13)17(2,3)4/h7-10H,6,11H2,1-5H3,(H,19,23)/t18-/m0/s1. The predicted molar refractivity (Wildman–Crippen MR) is 89.4 cm³/mol. The third-order valence-corrected chi connectivity index (χ3v) is 4.20. The molecule has 6 heteroatoms. The van der Waals surface area contributed by atoms with Crippen molar-refractivity contribution in [3.05, 3.63) is 35.4 Å². The quantitative estimate of drug-likeness (QED) is 0.678. The largest absolute Gasteiger partial charge is 0.465 e. The van der Waals surface area contributed by atoms with Crippen LogP contribution in [0.15, 0.2) is 24.3 Å². The summed E-state index contributed by atoms with van der Waals surface area (Å²) in [5.74, 6) is -1.06. The smallest absolute Gasteiger partial charge is 0.326 e. The normalized spacial score (nSPS) is 21.0. The van der Waals surface area contributed by atoms with E-state index in [0.717, 1.165) is 10.5 Å². The van der Waals surface area contributed by atoms with Gasteiger partial charge in [-0.2, -0.15) is 0 Å². The summed E-state index contributed by atoms with van der Waals surface area (Å²) >= 11 is 0. The van der Waals surface area contributed by atoms with E-state index in [9.17, 15) is 14.4 Å². The number of amides is 3. The number of imide groups is 1. The summed E-state index contributed by atoms with van der Waals surface area (Å²) in [7, 11) is 0. The van der Waals surface area contributed by atoms with Gasteiger partial charge in [-0.3, -0.25) is 14.5 Å². The van der Waals surface area contributed by atoms with E-state index in [0.29, 0.717) is 5.56 Å². The van der Waals surface area contributed by atoms with Crippen LogP contribution in [-0.2, 0) is 25.3 Å². The highest BCUT2D eigenvalue weighted by Gasteiger charge is 2.49. The minimum absolute atomic E-state index is 0.00167. The second kappa shape index (κ2) is 6.26. The van der Waals surface area contributed by atoms with Crippen molar-refractivity contribution in [2.45, 2.75) is 45.6 Å². The van der Waals surface area contributed by atoms with E-state index in [1.807, 2.05) is 24.3 Å². The fourth-order valence-corrected chi connectivity index (χ4v) is 2.68. The first-order valence-electron chi connectivity index (χ1n) is 8.00. The monoisotopic (exact) mass is 332 g/mol. The van der Waals surface area contributed by atoms with Crippen molar-refractivity contribution < 1.29 is 19.1 Å². The van der Waals surface area contributed by atoms with Crippen LogP contribution in [-0.4, -0.2) is 36.0 Å². The Labute approximate surface area is 142 Å². The van der Waals surface area contributed by atoms with Crippen molar-refractivity contribution in [2.24, 2.45) is 0 Å². The lowest BCUT2D eigenvalue weighted by atomic mass is 9.84. The van der Waals surface area contributed by atoms with Gasteiger partial charge in [0.25, 0.3) is 5.91 Å². The molecule has 0 aromatic heterocycles. The van der Waals surface area contributed by atoms with E-state index in [2.05, 4.69) is 26.1 Å². The number of hydrogen-bond donors (Lipinski definition) is 1. The lowest BCUT2D eigenvalue weighted by Gasteiger charge is -2.24. The highest BCUT2D eigenvalue weighted by atomic mass is 16.5. The number of carbonyl (C=O) groups is 3. The molecular formula is C18H24N2O4. The summed E-state index contributed by atoms with van der Waals surface area (Å²) in [5.41, 5.74) is 0.633. The maximum Gasteiger partial charge on any atom is 0.326 e. The molecule has 1 fully saturated rings. The lowest BCUT2D eigenvalue weighted by molar-refractivity contribution is -0.147. The van der Waals surface area contributed by atoms with E-state index in [4.69, 9.17) is 4.74 Å². The molecule has 1 aliphatic rings. The Morgan fingerprint density at radius 3 is 2.29 bits per heavy atom. The Hall–Kier alpha value is -2.37. The predicted octanol–water partition coefficient (Wildman–Crippen LogP) is 2.31. The van der Waals surface area contributed by atoms with Gasteiger partial charge in [-0.25, -0.2) is 4.79 Å². The highest BCUT2D eigenvalue weighted by Crippen LogP contribution is 2.31. The van der Waals surface area contributed by atoms with Gasteiger partial charge in [0.2, 0.25) is 0 Å². The van der Waals surface area contributed by atoms with E-state index in [1.165, 1.54) is 0 Å². The molecule has 0 saturated carbocycles. The fourth-order valence-electron chi connectivity index (χ4n) is 2.68. The summed E-state index contributed by atoms with van der Waals surface area (Å²) < 4.78 is 4.81. The third kappa shape index (κ3) is 3.27. The van der Waals surface area contributed by atoms with Crippen LogP contribution in [0.2, 0.25) is 0 Å². The average Bonchev–Trinajstić information content (AvgIpc) is 2.71.